The Labute approximate surface area is 62.7 Å². The van der Waals surface area contributed by atoms with Crippen LogP contribution in [0.3, 0.4) is 0 Å². The van der Waals surface area contributed by atoms with Crippen LogP contribution in [0.1, 0.15) is 6.92 Å². The first-order chi connectivity index (χ1) is 4.95. The van der Waals surface area contributed by atoms with Crippen LogP contribution >= 0.6 is 0 Å². The Morgan fingerprint density at radius 3 is 2.55 bits per heavy atom. The number of halogens is 3. The Balaban J connectivity index is 3.37. The van der Waals surface area contributed by atoms with Gasteiger partial charge in [-0.2, -0.15) is 18.7 Å². The molecule has 0 aromatic carbocycles. The van der Waals surface area contributed by atoms with E-state index in [1.165, 1.54) is 6.92 Å². The van der Waals surface area contributed by atoms with Crippen molar-refractivity contribution < 1.29 is 18.0 Å². The monoisotopic (exact) mass is 167 g/mol. The van der Waals surface area contributed by atoms with E-state index in [1.54, 1.807) is 0 Å². The van der Waals surface area contributed by atoms with Crippen molar-refractivity contribution in [1.82, 2.24) is 5.48 Å². The number of nitrogens with one attached hydrogen (secondary N) is 1. The highest BCUT2D eigenvalue weighted by atomic mass is 19.4. The van der Waals surface area contributed by atoms with Crippen molar-refractivity contribution in [3.8, 4) is 12.3 Å². The van der Waals surface area contributed by atoms with E-state index < -0.39 is 18.8 Å². The van der Waals surface area contributed by atoms with Crippen molar-refractivity contribution in [2.24, 2.45) is 0 Å². The normalized spacial score (nSPS) is 14.1. The average Bonchev–Trinajstić information content (AvgIpc) is 1.85. The van der Waals surface area contributed by atoms with Gasteiger partial charge in [0, 0.05) is 0 Å². The molecule has 0 rings (SSSR count). The summed E-state index contributed by atoms with van der Waals surface area (Å²) in [5.41, 5.74) is 2.03. The number of rotatable bonds is 3. The van der Waals surface area contributed by atoms with Crippen LogP contribution in [0.4, 0.5) is 13.2 Å². The molecule has 0 radical (unpaired) electrons. The van der Waals surface area contributed by atoms with Gasteiger partial charge in [0.05, 0.1) is 6.04 Å². The smallest absolute Gasteiger partial charge is 0.291 e. The molecular weight excluding hydrogens is 159 g/mol. The standard InChI is InChI=1S/C6H8F3NO/c1-3-5(2)10-11-4-6(7,8)9/h1,5,10H,4H2,2H3. The molecule has 0 amide bonds. The minimum atomic E-state index is -4.32. The Hall–Kier alpha value is -0.730. The lowest BCUT2D eigenvalue weighted by Crippen LogP contribution is -2.30. The maximum absolute atomic E-state index is 11.4. The van der Waals surface area contributed by atoms with Crippen molar-refractivity contribution in [1.29, 1.82) is 0 Å². The minimum Gasteiger partial charge on any atom is -0.291 e. The van der Waals surface area contributed by atoms with Crippen molar-refractivity contribution >= 4 is 0 Å². The maximum atomic E-state index is 11.4. The SMILES string of the molecule is C#CC(C)NOCC(F)(F)F. The van der Waals surface area contributed by atoms with E-state index in [1.807, 2.05) is 5.48 Å². The number of terminal acetylenes is 1. The number of hydroxylamine groups is 1. The van der Waals surface area contributed by atoms with E-state index in [9.17, 15) is 13.2 Å². The van der Waals surface area contributed by atoms with Gasteiger partial charge in [0.25, 0.3) is 0 Å². The highest BCUT2D eigenvalue weighted by Gasteiger charge is 2.27. The summed E-state index contributed by atoms with van der Waals surface area (Å²) in [6.45, 7) is 0.176. The summed E-state index contributed by atoms with van der Waals surface area (Å²) in [5.74, 6) is 2.15. The molecular formula is C6H8F3NO. The third-order valence-electron chi connectivity index (χ3n) is 0.746. The van der Waals surface area contributed by atoms with E-state index >= 15 is 0 Å². The Morgan fingerprint density at radius 2 is 2.18 bits per heavy atom. The maximum Gasteiger partial charge on any atom is 0.413 e. The molecule has 1 unspecified atom stereocenters. The van der Waals surface area contributed by atoms with Crippen LogP contribution in [-0.2, 0) is 4.84 Å². The van der Waals surface area contributed by atoms with Gasteiger partial charge >= 0.3 is 6.18 Å². The van der Waals surface area contributed by atoms with Gasteiger partial charge in [0.15, 0.2) is 6.61 Å². The summed E-state index contributed by atoms with van der Waals surface area (Å²) >= 11 is 0. The molecule has 0 aliphatic rings. The van der Waals surface area contributed by atoms with Crippen LogP contribution in [0.25, 0.3) is 0 Å². The molecule has 1 N–H and O–H groups in total. The molecule has 64 valence electrons. The van der Waals surface area contributed by atoms with Crippen molar-refractivity contribution in [2.75, 3.05) is 6.61 Å². The fourth-order valence-corrected chi connectivity index (χ4v) is 0.283. The van der Waals surface area contributed by atoms with E-state index in [4.69, 9.17) is 6.42 Å². The van der Waals surface area contributed by atoms with E-state index in [0.717, 1.165) is 0 Å². The topological polar surface area (TPSA) is 21.3 Å². The summed E-state index contributed by atoms with van der Waals surface area (Å²) in [7, 11) is 0. The van der Waals surface area contributed by atoms with Gasteiger partial charge in [0.1, 0.15) is 0 Å². The van der Waals surface area contributed by atoms with Gasteiger partial charge in [-0.3, -0.25) is 4.84 Å². The summed E-state index contributed by atoms with van der Waals surface area (Å²) < 4.78 is 34.2. The molecule has 0 spiro atoms. The Bertz CT molecular complexity index is 149. The molecule has 0 saturated heterocycles. The van der Waals surface area contributed by atoms with Crippen LogP contribution in [0.15, 0.2) is 0 Å². The van der Waals surface area contributed by atoms with E-state index in [-0.39, 0.29) is 0 Å². The number of hydrogen-bond acceptors (Lipinski definition) is 2. The second kappa shape index (κ2) is 4.21. The second-order valence-electron chi connectivity index (χ2n) is 1.91. The molecule has 0 heterocycles. The Morgan fingerprint density at radius 1 is 1.64 bits per heavy atom. The zero-order valence-electron chi connectivity index (χ0n) is 5.90. The van der Waals surface area contributed by atoms with Crippen molar-refractivity contribution in [3.05, 3.63) is 0 Å². The van der Waals surface area contributed by atoms with Crippen molar-refractivity contribution in [3.63, 3.8) is 0 Å². The highest BCUT2D eigenvalue weighted by Crippen LogP contribution is 2.13. The average molecular weight is 167 g/mol. The first-order valence-electron chi connectivity index (χ1n) is 2.86. The number of alkyl halides is 3. The zero-order chi connectivity index (χ0) is 8.91. The van der Waals surface area contributed by atoms with Crippen LogP contribution in [0.2, 0.25) is 0 Å². The predicted octanol–water partition coefficient (Wildman–Crippen LogP) is 1.09. The molecule has 1 atom stereocenters. The van der Waals surface area contributed by atoms with E-state index in [2.05, 4.69) is 10.8 Å². The summed E-state index contributed by atoms with van der Waals surface area (Å²) in [5, 5.41) is 0. The van der Waals surface area contributed by atoms with Crippen LogP contribution < -0.4 is 5.48 Å². The third kappa shape index (κ3) is 7.16. The van der Waals surface area contributed by atoms with Gasteiger partial charge < -0.3 is 0 Å². The van der Waals surface area contributed by atoms with Gasteiger partial charge in [0.2, 0.25) is 0 Å². The van der Waals surface area contributed by atoms with Crippen LogP contribution in [-0.4, -0.2) is 18.8 Å². The third-order valence-corrected chi connectivity index (χ3v) is 0.746. The predicted molar refractivity (Wildman–Crippen MR) is 33.4 cm³/mol. The highest BCUT2D eigenvalue weighted by molar-refractivity contribution is 4.93. The van der Waals surface area contributed by atoms with E-state index in [0.29, 0.717) is 0 Å². The molecule has 0 aliphatic carbocycles. The van der Waals surface area contributed by atoms with Gasteiger partial charge in [-0.05, 0) is 6.92 Å². The summed E-state index contributed by atoms with van der Waals surface area (Å²) in [4.78, 5) is 4.03. The van der Waals surface area contributed by atoms with Gasteiger partial charge in [-0.1, -0.05) is 5.92 Å². The van der Waals surface area contributed by atoms with Gasteiger partial charge in [-0.25, -0.2) is 0 Å². The molecule has 0 fully saturated rings. The first kappa shape index (κ1) is 10.3. The molecule has 0 saturated carbocycles. The zero-order valence-corrected chi connectivity index (χ0v) is 5.90. The minimum absolute atomic E-state index is 0.516. The fraction of sp³-hybridized carbons (Fsp3) is 0.667. The molecule has 0 aliphatic heterocycles. The molecule has 11 heavy (non-hydrogen) atoms. The number of hydrogen-bond donors (Lipinski definition) is 1. The molecule has 5 heteroatoms. The summed E-state index contributed by atoms with van der Waals surface area (Å²) in [6, 6.07) is -0.516. The first-order valence-corrected chi connectivity index (χ1v) is 2.86. The Kier molecular flexibility index (Phi) is 3.93. The quantitative estimate of drug-likeness (QED) is 0.502. The second-order valence-corrected chi connectivity index (χ2v) is 1.91. The molecule has 0 bridgehead atoms. The lowest BCUT2D eigenvalue weighted by atomic mass is 10.4. The van der Waals surface area contributed by atoms with Crippen molar-refractivity contribution in [2.45, 2.75) is 19.1 Å². The lowest BCUT2D eigenvalue weighted by Gasteiger charge is -2.09. The van der Waals surface area contributed by atoms with Crippen LogP contribution in [0.5, 0.6) is 0 Å². The molecule has 0 aromatic heterocycles. The lowest BCUT2D eigenvalue weighted by molar-refractivity contribution is -0.190. The molecule has 0 aromatic rings. The largest absolute Gasteiger partial charge is 0.413 e. The molecule has 2 nitrogen and oxygen atoms in total. The van der Waals surface area contributed by atoms with Crippen LogP contribution in [0, 0.1) is 12.3 Å². The fourth-order valence-electron chi connectivity index (χ4n) is 0.283. The summed E-state index contributed by atoms with van der Waals surface area (Å²) in [6.07, 6.45) is 0.530. The van der Waals surface area contributed by atoms with Gasteiger partial charge in [-0.15, -0.1) is 6.42 Å².